The summed E-state index contributed by atoms with van der Waals surface area (Å²) in [6.07, 6.45) is 7.73. The van der Waals surface area contributed by atoms with Gasteiger partial charge in [-0.1, -0.05) is 6.92 Å². The molecular weight excluding hydrogens is 383 g/mol. The highest BCUT2D eigenvalue weighted by molar-refractivity contribution is 5.98. The molecule has 0 saturated carbocycles. The highest BCUT2D eigenvalue weighted by atomic mass is 19.1. The lowest BCUT2D eigenvalue weighted by molar-refractivity contribution is 0.250. The summed E-state index contributed by atoms with van der Waals surface area (Å²) in [5.41, 5.74) is 3.94. The number of hydrogen-bond acceptors (Lipinski definition) is 6. The zero-order valence-electron chi connectivity index (χ0n) is 16.6. The Morgan fingerprint density at radius 3 is 2.83 bits per heavy atom. The molecule has 30 heavy (non-hydrogen) atoms. The fourth-order valence-electron chi connectivity index (χ4n) is 4.12. The zero-order valence-corrected chi connectivity index (χ0v) is 16.6. The number of fused-ring (bicyclic) bond motifs is 2. The minimum Gasteiger partial charge on any atom is -0.494 e. The van der Waals surface area contributed by atoms with Gasteiger partial charge < -0.3 is 9.64 Å². The van der Waals surface area contributed by atoms with Gasteiger partial charge in [-0.15, -0.1) is 0 Å². The van der Waals surface area contributed by atoms with Crippen molar-refractivity contribution < 1.29 is 9.13 Å². The molecule has 1 saturated heterocycles. The van der Waals surface area contributed by atoms with E-state index in [0.717, 1.165) is 35.3 Å². The minimum absolute atomic E-state index is 0.0310. The van der Waals surface area contributed by atoms with Gasteiger partial charge in [0, 0.05) is 48.1 Å². The average Bonchev–Trinajstić information content (AvgIpc) is 3.14. The fourth-order valence-corrected chi connectivity index (χ4v) is 4.12. The predicted molar refractivity (Wildman–Crippen MR) is 111 cm³/mol. The van der Waals surface area contributed by atoms with Gasteiger partial charge in [-0.2, -0.15) is 10.4 Å². The Morgan fingerprint density at radius 2 is 2.07 bits per heavy atom. The third-order valence-electron chi connectivity index (χ3n) is 5.66. The molecule has 0 aliphatic carbocycles. The maximum absolute atomic E-state index is 14.1. The van der Waals surface area contributed by atoms with Crippen molar-refractivity contribution >= 4 is 22.2 Å². The topological polar surface area (TPSA) is 79.3 Å². The number of rotatable bonds is 4. The van der Waals surface area contributed by atoms with E-state index in [4.69, 9.17) is 10.00 Å². The molecule has 4 aromatic rings. The summed E-state index contributed by atoms with van der Waals surface area (Å²) in [4.78, 5) is 11.1. The van der Waals surface area contributed by atoms with Crippen LogP contribution >= 0.6 is 0 Å². The Bertz CT molecular complexity index is 1320. The molecule has 0 atom stereocenters. The third-order valence-corrected chi connectivity index (χ3v) is 5.66. The molecule has 0 unspecified atom stereocenters. The van der Waals surface area contributed by atoms with E-state index in [0.29, 0.717) is 17.6 Å². The van der Waals surface area contributed by atoms with Crippen molar-refractivity contribution in [1.29, 1.82) is 5.26 Å². The van der Waals surface area contributed by atoms with E-state index in [1.54, 1.807) is 23.0 Å². The van der Waals surface area contributed by atoms with E-state index in [1.807, 2.05) is 18.5 Å². The number of methoxy groups -OCH3 is 1. The van der Waals surface area contributed by atoms with Crippen molar-refractivity contribution in [2.45, 2.75) is 13.3 Å². The zero-order chi connectivity index (χ0) is 20.9. The Balaban J connectivity index is 1.55. The lowest BCUT2D eigenvalue weighted by atomic mass is 9.79. The fraction of sp³-hybridized carbons (Fsp3) is 0.273. The van der Waals surface area contributed by atoms with Crippen LogP contribution in [0.5, 0.6) is 5.75 Å². The van der Waals surface area contributed by atoms with Crippen LogP contribution in [0, 0.1) is 22.6 Å². The summed E-state index contributed by atoms with van der Waals surface area (Å²) in [5, 5.41) is 14.2. The summed E-state index contributed by atoms with van der Waals surface area (Å²) in [6.45, 7) is 3.76. The first-order valence-corrected chi connectivity index (χ1v) is 9.59. The number of aromatic nitrogens is 4. The number of anilines is 1. The van der Waals surface area contributed by atoms with E-state index in [9.17, 15) is 4.39 Å². The van der Waals surface area contributed by atoms with Gasteiger partial charge in [-0.3, -0.25) is 4.98 Å². The van der Waals surface area contributed by atoms with Crippen LogP contribution in [-0.4, -0.2) is 39.8 Å². The molecule has 3 aromatic heterocycles. The van der Waals surface area contributed by atoms with E-state index in [2.05, 4.69) is 33.0 Å². The van der Waals surface area contributed by atoms with Crippen molar-refractivity contribution in [2.24, 2.45) is 5.41 Å². The number of halogens is 1. The van der Waals surface area contributed by atoms with Gasteiger partial charge in [0.15, 0.2) is 17.2 Å². The van der Waals surface area contributed by atoms with Crippen molar-refractivity contribution in [3.8, 4) is 22.9 Å². The SMILES string of the molecule is COc1cc2c(-c3cnn4cc(N5CC(C)(CC#N)C5)cnc34)ccnc2cc1F. The van der Waals surface area contributed by atoms with Crippen LogP contribution in [-0.2, 0) is 0 Å². The first-order chi connectivity index (χ1) is 14.5. The molecule has 0 N–H and O–H groups in total. The van der Waals surface area contributed by atoms with Crippen molar-refractivity contribution in [3.63, 3.8) is 0 Å². The van der Waals surface area contributed by atoms with Gasteiger partial charge in [0.2, 0.25) is 0 Å². The van der Waals surface area contributed by atoms with E-state index >= 15 is 0 Å². The second-order valence-corrected chi connectivity index (χ2v) is 8.00. The maximum Gasteiger partial charge on any atom is 0.167 e. The maximum atomic E-state index is 14.1. The summed E-state index contributed by atoms with van der Waals surface area (Å²) in [7, 11) is 1.44. The lowest BCUT2D eigenvalue weighted by Crippen LogP contribution is -2.54. The van der Waals surface area contributed by atoms with Gasteiger partial charge >= 0.3 is 0 Å². The molecule has 1 fully saturated rings. The molecule has 0 bridgehead atoms. The summed E-state index contributed by atoms with van der Waals surface area (Å²) < 4.78 is 21.0. The Kier molecular flexibility index (Phi) is 4.07. The van der Waals surface area contributed by atoms with Gasteiger partial charge in [0.1, 0.15) is 0 Å². The minimum atomic E-state index is -0.449. The Morgan fingerprint density at radius 1 is 1.23 bits per heavy atom. The Labute approximate surface area is 172 Å². The number of benzene rings is 1. The number of hydrogen-bond donors (Lipinski definition) is 0. The summed E-state index contributed by atoms with van der Waals surface area (Å²) in [5.74, 6) is -0.281. The van der Waals surface area contributed by atoms with Gasteiger partial charge in [0.25, 0.3) is 0 Å². The molecule has 1 aromatic carbocycles. The molecule has 5 rings (SSSR count). The van der Waals surface area contributed by atoms with Crippen LogP contribution in [0.4, 0.5) is 10.1 Å². The molecule has 150 valence electrons. The first-order valence-electron chi connectivity index (χ1n) is 9.59. The summed E-state index contributed by atoms with van der Waals surface area (Å²) >= 11 is 0. The highest BCUT2D eigenvalue weighted by Gasteiger charge is 2.38. The molecule has 8 heteroatoms. The molecule has 0 amide bonds. The number of nitrogens with zero attached hydrogens (tertiary/aromatic N) is 6. The molecule has 1 aliphatic heterocycles. The Hall–Kier alpha value is -3.73. The van der Waals surface area contributed by atoms with Crippen molar-refractivity contribution in [2.75, 3.05) is 25.1 Å². The molecule has 4 heterocycles. The monoisotopic (exact) mass is 402 g/mol. The standard InChI is InChI=1S/C22H19FN6O/c1-22(4-5-24)12-28(13-22)14-9-26-21-17(10-27-29(21)11-14)15-3-6-25-19-8-18(23)20(30-2)7-16(15)19/h3,6-11H,4,12-13H2,1-2H3. The van der Waals surface area contributed by atoms with Crippen LogP contribution in [0.25, 0.3) is 27.7 Å². The largest absolute Gasteiger partial charge is 0.494 e. The van der Waals surface area contributed by atoms with E-state index in [-0.39, 0.29) is 11.2 Å². The average molecular weight is 402 g/mol. The number of nitriles is 1. The molecule has 0 spiro atoms. The van der Waals surface area contributed by atoms with Crippen molar-refractivity contribution in [3.05, 3.63) is 48.8 Å². The first kappa shape index (κ1) is 18.3. The summed E-state index contributed by atoms with van der Waals surface area (Å²) in [6, 6.07) is 7.16. The lowest BCUT2D eigenvalue weighted by Gasteiger charge is -2.48. The van der Waals surface area contributed by atoms with E-state index in [1.165, 1.54) is 13.2 Å². The van der Waals surface area contributed by atoms with Crippen LogP contribution < -0.4 is 9.64 Å². The quantitative estimate of drug-likeness (QED) is 0.516. The predicted octanol–water partition coefficient (Wildman–Crippen LogP) is 3.83. The normalized spacial score (nSPS) is 15.2. The molecular formula is C22H19FN6O. The highest BCUT2D eigenvalue weighted by Crippen LogP contribution is 2.37. The van der Waals surface area contributed by atoms with Gasteiger partial charge in [-0.25, -0.2) is 13.9 Å². The molecule has 1 aliphatic rings. The molecule has 7 nitrogen and oxygen atoms in total. The van der Waals surface area contributed by atoms with Crippen LogP contribution in [0.3, 0.4) is 0 Å². The van der Waals surface area contributed by atoms with Crippen molar-refractivity contribution in [1.82, 2.24) is 19.6 Å². The second kappa shape index (κ2) is 6.66. The smallest absolute Gasteiger partial charge is 0.167 e. The van der Waals surface area contributed by atoms with Crippen LogP contribution in [0.1, 0.15) is 13.3 Å². The van der Waals surface area contributed by atoms with Crippen LogP contribution in [0.2, 0.25) is 0 Å². The third kappa shape index (κ3) is 2.82. The molecule has 0 radical (unpaired) electrons. The second-order valence-electron chi connectivity index (χ2n) is 8.00. The van der Waals surface area contributed by atoms with Gasteiger partial charge in [0.05, 0.1) is 43.0 Å². The number of pyridine rings is 1. The van der Waals surface area contributed by atoms with E-state index < -0.39 is 5.82 Å². The van der Waals surface area contributed by atoms with Crippen LogP contribution in [0.15, 0.2) is 43.0 Å². The number of ether oxygens (including phenoxy) is 1. The van der Waals surface area contributed by atoms with Gasteiger partial charge in [-0.05, 0) is 17.7 Å².